The highest BCUT2D eigenvalue weighted by Crippen LogP contribution is 2.31. The smallest absolute Gasteiger partial charge is 0.341 e. The van der Waals surface area contributed by atoms with Gasteiger partial charge in [0.05, 0.1) is 0 Å². The molecule has 13 heavy (non-hydrogen) atoms. The van der Waals surface area contributed by atoms with Crippen LogP contribution in [0.3, 0.4) is 0 Å². The van der Waals surface area contributed by atoms with Crippen molar-refractivity contribution in [1.29, 1.82) is 0 Å². The summed E-state index contributed by atoms with van der Waals surface area (Å²) >= 11 is 3.90. The van der Waals surface area contributed by atoms with E-state index in [0.29, 0.717) is 15.8 Å². The van der Waals surface area contributed by atoms with Crippen molar-refractivity contribution < 1.29 is 17.4 Å². The fourth-order valence-corrected chi connectivity index (χ4v) is 3.48. The Hall–Kier alpha value is 0.0200. The monoisotopic (exact) mass is 288 g/mol. The molecule has 1 aromatic rings. The quantitative estimate of drug-likeness (QED) is 0.862. The summed E-state index contributed by atoms with van der Waals surface area (Å²) in [6.07, 6.45) is 0.320. The van der Waals surface area contributed by atoms with Crippen LogP contribution in [0.1, 0.15) is 4.88 Å². The van der Waals surface area contributed by atoms with Gasteiger partial charge in [-0.05, 0) is 22.0 Å². The van der Waals surface area contributed by atoms with Gasteiger partial charge < -0.3 is 5.11 Å². The van der Waals surface area contributed by atoms with E-state index >= 15 is 0 Å². The van der Waals surface area contributed by atoms with Gasteiger partial charge in [0, 0.05) is 22.4 Å². The lowest BCUT2D eigenvalue weighted by Crippen LogP contribution is -1.86. The summed E-state index contributed by atoms with van der Waals surface area (Å²) < 4.78 is 33.6. The zero-order valence-corrected chi connectivity index (χ0v) is 9.55. The molecule has 1 rings (SSSR count). The second-order valence-electron chi connectivity index (χ2n) is 2.25. The molecule has 0 aliphatic heterocycles. The third kappa shape index (κ3) is 2.73. The highest BCUT2D eigenvalue weighted by Gasteiger charge is 2.17. The second kappa shape index (κ2) is 4.04. The van der Waals surface area contributed by atoms with Crippen molar-refractivity contribution in [2.75, 3.05) is 6.61 Å². The molecule has 1 heterocycles. The molecule has 0 unspecified atom stereocenters. The van der Waals surface area contributed by atoms with E-state index in [1.54, 1.807) is 0 Å². The maximum absolute atomic E-state index is 12.5. The van der Waals surface area contributed by atoms with Crippen LogP contribution in [0.5, 0.6) is 0 Å². The Balaban J connectivity index is 3.09. The van der Waals surface area contributed by atoms with Crippen LogP contribution in [0, 0.1) is 0 Å². The molecule has 0 saturated carbocycles. The van der Waals surface area contributed by atoms with Gasteiger partial charge in [-0.15, -0.1) is 11.3 Å². The first kappa shape index (κ1) is 11.1. The minimum atomic E-state index is -4.62. The molecule has 74 valence electrons. The van der Waals surface area contributed by atoms with Gasteiger partial charge in [0.25, 0.3) is 0 Å². The summed E-state index contributed by atoms with van der Waals surface area (Å²) in [6, 6.07) is 1.20. The largest absolute Gasteiger partial charge is 0.396 e. The summed E-state index contributed by atoms with van der Waals surface area (Å²) in [7, 11) is -4.62. The molecule has 0 aromatic carbocycles. The van der Waals surface area contributed by atoms with Crippen molar-refractivity contribution in [2.24, 2.45) is 0 Å². The van der Waals surface area contributed by atoms with E-state index in [9.17, 15) is 12.3 Å². The van der Waals surface area contributed by atoms with Crippen LogP contribution in [0.25, 0.3) is 0 Å². The summed E-state index contributed by atoms with van der Waals surface area (Å²) in [6.45, 7) is -0.0924. The lowest BCUT2D eigenvalue weighted by molar-refractivity contribution is 0.300. The average molecular weight is 289 g/mol. The van der Waals surface area contributed by atoms with Crippen molar-refractivity contribution in [1.82, 2.24) is 0 Å². The predicted molar refractivity (Wildman–Crippen MR) is 51.1 cm³/mol. The number of halogens is 2. The second-order valence-corrected chi connectivity index (χ2v) is 5.81. The molecule has 1 aromatic heterocycles. The molecule has 0 amide bonds. The van der Waals surface area contributed by atoms with Gasteiger partial charge in [-0.1, -0.05) is 3.89 Å². The normalized spacial score (nSPS) is 11.9. The molecule has 0 spiro atoms. The van der Waals surface area contributed by atoms with Crippen molar-refractivity contribution in [3.63, 3.8) is 0 Å². The number of rotatable bonds is 3. The van der Waals surface area contributed by atoms with Crippen LogP contribution < -0.4 is 0 Å². The summed E-state index contributed by atoms with van der Waals surface area (Å²) in [4.78, 5) is 0.624. The van der Waals surface area contributed by atoms with Gasteiger partial charge in [-0.25, -0.2) is 0 Å². The van der Waals surface area contributed by atoms with Crippen LogP contribution in [0.4, 0.5) is 3.89 Å². The minimum Gasteiger partial charge on any atom is -0.396 e. The number of aliphatic hydroxyl groups excluding tert-OH is 1. The molecule has 0 radical (unpaired) electrons. The highest BCUT2D eigenvalue weighted by molar-refractivity contribution is 9.10. The van der Waals surface area contributed by atoms with E-state index in [-0.39, 0.29) is 10.8 Å². The van der Waals surface area contributed by atoms with E-state index < -0.39 is 10.2 Å². The lowest BCUT2D eigenvalue weighted by atomic mass is 10.4. The molecule has 0 fully saturated rings. The van der Waals surface area contributed by atoms with Gasteiger partial charge in [-0.2, -0.15) is 8.42 Å². The fourth-order valence-electron chi connectivity index (χ4n) is 0.776. The zero-order valence-electron chi connectivity index (χ0n) is 6.33. The molecule has 0 bridgehead atoms. The van der Waals surface area contributed by atoms with Gasteiger partial charge in [0.2, 0.25) is 0 Å². The number of hydrogen-bond acceptors (Lipinski definition) is 4. The van der Waals surface area contributed by atoms with Crippen molar-refractivity contribution in [3.05, 3.63) is 15.4 Å². The van der Waals surface area contributed by atoms with Crippen LogP contribution in [-0.4, -0.2) is 20.1 Å². The van der Waals surface area contributed by atoms with E-state index in [0.717, 1.165) is 11.3 Å². The Morgan fingerprint density at radius 1 is 1.62 bits per heavy atom. The van der Waals surface area contributed by atoms with Gasteiger partial charge >= 0.3 is 10.2 Å². The first-order valence-corrected chi connectivity index (χ1v) is 6.28. The molecule has 0 aliphatic rings. The molecule has 7 heteroatoms. The van der Waals surface area contributed by atoms with Crippen molar-refractivity contribution in [3.8, 4) is 0 Å². The van der Waals surface area contributed by atoms with Crippen molar-refractivity contribution in [2.45, 2.75) is 10.6 Å². The summed E-state index contributed by atoms with van der Waals surface area (Å²) in [5.74, 6) is 0. The van der Waals surface area contributed by atoms with E-state index in [1.165, 1.54) is 6.07 Å². The molecule has 0 aliphatic carbocycles. The van der Waals surface area contributed by atoms with Gasteiger partial charge in [0.1, 0.15) is 0 Å². The Morgan fingerprint density at radius 3 is 2.62 bits per heavy atom. The maximum Gasteiger partial charge on any atom is 0.341 e. The van der Waals surface area contributed by atoms with Crippen LogP contribution in [0.15, 0.2) is 14.7 Å². The van der Waals surface area contributed by atoms with Crippen molar-refractivity contribution >= 4 is 37.5 Å². The molecule has 3 nitrogen and oxygen atoms in total. The summed E-state index contributed by atoms with van der Waals surface area (Å²) in [5, 5.41) is 8.60. The molecular formula is C6H6BrFO3S2. The molecule has 0 saturated heterocycles. The van der Waals surface area contributed by atoms with E-state index in [1.807, 2.05) is 0 Å². The third-order valence-electron chi connectivity index (χ3n) is 1.31. The van der Waals surface area contributed by atoms with Gasteiger partial charge in [-0.3, -0.25) is 0 Å². The Bertz CT molecular complexity index is 398. The van der Waals surface area contributed by atoms with E-state index in [4.69, 9.17) is 5.11 Å². The number of hydrogen-bond donors (Lipinski definition) is 1. The van der Waals surface area contributed by atoms with Gasteiger partial charge in [0.15, 0.2) is 4.21 Å². The molecular weight excluding hydrogens is 283 g/mol. The predicted octanol–water partition coefficient (Wildman–Crippen LogP) is 1.70. The number of aliphatic hydroxyl groups is 1. The highest BCUT2D eigenvalue weighted by atomic mass is 79.9. The topological polar surface area (TPSA) is 54.4 Å². The summed E-state index contributed by atoms with van der Waals surface area (Å²) in [5.41, 5.74) is 0. The van der Waals surface area contributed by atoms with Crippen LogP contribution in [-0.2, 0) is 16.6 Å². The van der Waals surface area contributed by atoms with Crippen LogP contribution in [0.2, 0.25) is 0 Å². The lowest BCUT2D eigenvalue weighted by Gasteiger charge is -1.90. The van der Waals surface area contributed by atoms with E-state index in [2.05, 4.69) is 15.9 Å². The Labute approximate surface area is 87.5 Å². The zero-order chi connectivity index (χ0) is 10.1. The SMILES string of the molecule is O=S(=O)(F)c1cc(Br)c(CCO)s1. The Kier molecular flexibility index (Phi) is 3.44. The first-order chi connectivity index (χ1) is 5.95. The molecule has 1 N–H and O–H groups in total. The fraction of sp³-hybridized carbons (Fsp3) is 0.333. The Morgan fingerprint density at radius 2 is 2.23 bits per heavy atom. The van der Waals surface area contributed by atoms with Crippen LogP contribution >= 0.6 is 27.3 Å². The standard InChI is InChI=1S/C6H6BrFO3S2/c7-4-3-6(13(8,10)11)12-5(4)1-2-9/h3,9H,1-2H2. The molecule has 0 atom stereocenters. The number of thiophene rings is 1. The minimum absolute atomic E-state index is 0.0924. The first-order valence-electron chi connectivity index (χ1n) is 3.29. The maximum atomic E-state index is 12.5. The third-order valence-corrected chi connectivity index (χ3v) is 4.72. The average Bonchev–Trinajstić information content (AvgIpc) is 2.32.